The highest BCUT2D eigenvalue weighted by Crippen LogP contribution is 2.48. The Morgan fingerprint density at radius 2 is 1.83 bits per heavy atom. The fourth-order valence-electron chi connectivity index (χ4n) is 3.40. The molecule has 0 saturated heterocycles. The quantitative estimate of drug-likeness (QED) is 0.516. The van der Waals surface area contributed by atoms with Crippen LogP contribution in [0.5, 0.6) is 0 Å². The molecule has 1 atom stereocenters. The minimum atomic E-state index is -1.52. The Bertz CT molecular complexity index is 751. The highest BCUT2D eigenvalue weighted by atomic mass is 16.3. The molecule has 0 fully saturated rings. The first-order valence-electron chi connectivity index (χ1n) is 8.01. The van der Waals surface area contributed by atoms with E-state index in [9.17, 15) is 14.7 Å². The van der Waals surface area contributed by atoms with Gasteiger partial charge in [-0.1, -0.05) is 56.3 Å². The molecule has 0 aromatic heterocycles. The fraction of sp³-hybridized carbons (Fsp3) is 0.333. The number of carbonyl (C=O) groups excluding carboxylic acids is 2. The van der Waals surface area contributed by atoms with Crippen LogP contribution >= 0.6 is 0 Å². The van der Waals surface area contributed by atoms with Gasteiger partial charge in [0.1, 0.15) is 5.60 Å². The number of hydrogen-bond donors (Lipinski definition) is 1. The molecule has 3 heteroatoms. The van der Waals surface area contributed by atoms with Crippen LogP contribution in [0.4, 0.5) is 0 Å². The molecule has 24 heavy (non-hydrogen) atoms. The maximum atomic E-state index is 13.1. The first kappa shape index (κ1) is 18.1. The van der Waals surface area contributed by atoms with Crippen molar-refractivity contribution < 1.29 is 14.7 Å². The Morgan fingerprint density at radius 1 is 1.25 bits per heavy atom. The summed E-state index contributed by atoms with van der Waals surface area (Å²) in [4.78, 5) is 25.1. The van der Waals surface area contributed by atoms with E-state index in [0.717, 1.165) is 0 Å². The van der Waals surface area contributed by atoms with Gasteiger partial charge in [0.25, 0.3) is 0 Å². The molecule has 0 radical (unpaired) electrons. The molecule has 0 aliphatic heterocycles. The van der Waals surface area contributed by atoms with Crippen molar-refractivity contribution in [2.45, 2.75) is 39.7 Å². The van der Waals surface area contributed by atoms with Crippen molar-refractivity contribution in [1.82, 2.24) is 0 Å². The van der Waals surface area contributed by atoms with Gasteiger partial charge < -0.3 is 5.11 Å². The zero-order chi connectivity index (χ0) is 18.1. The molecule has 1 aromatic rings. The van der Waals surface area contributed by atoms with E-state index in [1.807, 2.05) is 19.9 Å². The van der Waals surface area contributed by atoms with Gasteiger partial charge in [0.2, 0.25) is 0 Å². The highest BCUT2D eigenvalue weighted by molar-refractivity contribution is 6.11. The summed E-state index contributed by atoms with van der Waals surface area (Å²) in [7, 11) is 0. The maximum Gasteiger partial charge on any atom is 0.192 e. The Labute approximate surface area is 143 Å². The largest absolute Gasteiger partial charge is 0.380 e. The summed E-state index contributed by atoms with van der Waals surface area (Å²) in [5, 5.41) is 11.6. The van der Waals surface area contributed by atoms with Gasteiger partial charge in [0.05, 0.1) is 0 Å². The average molecular weight is 324 g/mol. The van der Waals surface area contributed by atoms with Gasteiger partial charge in [0, 0.05) is 23.0 Å². The molecule has 1 aliphatic rings. The van der Waals surface area contributed by atoms with Gasteiger partial charge in [-0.3, -0.25) is 9.59 Å². The normalized spacial score (nSPS) is 23.6. The summed E-state index contributed by atoms with van der Waals surface area (Å²) in [6.07, 6.45) is 3.25. The minimum absolute atomic E-state index is 0.0380. The predicted octanol–water partition coefficient (Wildman–Crippen LogP) is 4.05. The third kappa shape index (κ3) is 3.04. The maximum absolute atomic E-state index is 13.1. The number of ketones is 2. The second-order valence-corrected chi connectivity index (χ2v) is 7.16. The Balaban J connectivity index is 2.68. The van der Waals surface area contributed by atoms with Crippen LogP contribution in [0.3, 0.4) is 0 Å². The number of benzene rings is 1. The molecule has 0 heterocycles. The Morgan fingerprint density at radius 3 is 2.33 bits per heavy atom. The molecule has 1 unspecified atom stereocenters. The van der Waals surface area contributed by atoms with Crippen molar-refractivity contribution in [1.29, 1.82) is 0 Å². The summed E-state index contributed by atoms with van der Waals surface area (Å²) in [5.41, 5.74) is -0.406. The van der Waals surface area contributed by atoms with Crippen molar-refractivity contribution in [3.63, 3.8) is 0 Å². The number of Topliss-reactive ketones (excluding diaryl/α,β-unsaturated/α-hetero) is 1. The Kier molecular flexibility index (Phi) is 4.77. The molecule has 2 rings (SSSR count). The lowest BCUT2D eigenvalue weighted by Gasteiger charge is -2.46. The lowest BCUT2D eigenvalue weighted by atomic mass is 9.60. The van der Waals surface area contributed by atoms with Crippen molar-refractivity contribution in [3.8, 4) is 0 Å². The molecule has 1 aliphatic carbocycles. The monoisotopic (exact) mass is 324 g/mol. The highest BCUT2D eigenvalue weighted by Gasteiger charge is 2.52. The molecule has 3 nitrogen and oxygen atoms in total. The van der Waals surface area contributed by atoms with E-state index in [4.69, 9.17) is 0 Å². The molecule has 126 valence electrons. The van der Waals surface area contributed by atoms with Gasteiger partial charge in [-0.25, -0.2) is 0 Å². The second-order valence-electron chi connectivity index (χ2n) is 7.16. The van der Waals surface area contributed by atoms with E-state index in [1.165, 1.54) is 6.08 Å². The zero-order valence-electron chi connectivity index (χ0n) is 14.7. The predicted molar refractivity (Wildman–Crippen MR) is 95.8 cm³/mol. The lowest BCUT2D eigenvalue weighted by molar-refractivity contribution is -0.121. The second kappa shape index (κ2) is 6.33. The van der Waals surface area contributed by atoms with E-state index in [1.54, 1.807) is 44.2 Å². The third-order valence-corrected chi connectivity index (χ3v) is 4.60. The van der Waals surface area contributed by atoms with Crippen LogP contribution in [0.1, 0.15) is 44.5 Å². The van der Waals surface area contributed by atoms with E-state index in [2.05, 4.69) is 6.58 Å². The van der Waals surface area contributed by atoms with E-state index in [0.29, 0.717) is 16.7 Å². The van der Waals surface area contributed by atoms with Gasteiger partial charge in [-0.15, -0.1) is 0 Å². The molecular formula is C21H24O3. The van der Waals surface area contributed by atoms with Crippen LogP contribution in [-0.2, 0) is 4.79 Å². The summed E-state index contributed by atoms with van der Waals surface area (Å²) >= 11 is 0. The molecule has 1 aromatic carbocycles. The zero-order valence-corrected chi connectivity index (χ0v) is 14.7. The summed E-state index contributed by atoms with van der Waals surface area (Å²) in [5.74, 6) is -0.291. The summed E-state index contributed by atoms with van der Waals surface area (Å²) in [6.45, 7) is 11.0. The first-order chi connectivity index (χ1) is 11.1. The van der Waals surface area contributed by atoms with Crippen LogP contribution < -0.4 is 0 Å². The average Bonchev–Trinajstić information content (AvgIpc) is 2.49. The van der Waals surface area contributed by atoms with Crippen LogP contribution in [0.15, 0.2) is 65.8 Å². The fourth-order valence-corrected chi connectivity index (χ4v) is 3.40. The molecular weight excluding hydrogens is 300 g/mol. The molecule has 0 saturated carbocycles. The molecule has 0 bridgehead atoms. The van der Waals surface area contributed by atoms with Crippen molar-refractivity contribution >= 4 is 11.6 Å². The number of aliphatic hydroxyl groups is 1. The number of hydrogen-bond acceptors (Lipinski definition) is 3. The van der Waals surface area contributed by atoms with E-state index >= 15 is 0 Å². The van der Waals surface area contributed by atoms with Gasteiger partial charge in [-0.05, 0) is 31.6 Å². The van der Waals surface area contributed by atoms with Crippen molar-refractivity contribution in [2.75, 3.05) is 0 Å². The first-order valence-corrected chi connectivity index (χ1v) is 8.01. The smallest absolute Gasteiger partial charge is 0.192 e. The Hall–Kier alpha value is -2.26. The third-order valence-electron chi connectivity index (χ3n) is 4.60. The molecule has 0 spiro atoms. The SMILES string of the molecule is C=C(C)C=C(C(=O)c1ccccc1)C1(O)C(C)=CC(=O)CC1(C)C. The summed E-state index contributed by atoms with van der Waals surface area (Å²) < 4.78 is 0. The van der Waals surface area contributed by atoms with Crippen molar-refractivity contribution in [2.24, 2.45) is 5.41 Å². The number of carbonyl (C=O) groups is 2. The molecule has 1 N–H and O–H groups in total. The van der Waals surface area contributed by atoms with E-state index in [-0.39, 0.29) is 23.6 Å². The number of allylic oxidation sites excluding steroid dienone is 3. The van der Waals surface area contributed by atoms with Crippen LogP contribution in [-0.4, -0.2) is 22.3 Å². The number of rotatable bonds is 4. The van der Waals surface area contributed by atoms with Gasteiger partial charge in [-0.2, -0.15) is 0 Å². The van der Waals surface area contributed by atoms with Crippen LogP contribution in [0, 0.1) is 5.41 Å². The minimum Gasteiger partial charge on any atom is -0.380 e. The van der Waals surface area contributed by atoms with Gasteiger partial charge >= 0.3 is 0 Å². The van der Waals surface area contributed by atoms with Crippen LogP contribution in [0.25, 0.3) is 0 Å². The standard InChI is InChI=1S/C21H24O3/c1-14(2)11-18(19(23)16-9-7-6-8-10-16)21(24)15(3)12-17(22)13-20(21,4)5/h6-12,24H,1,13H2,2-5H3. The van der Waals surface area contributed by atoms with Crippen molar-refractivity contribution in [3.05, 3.63) is 71.3 Å². The topological polar surface area (TPSA) is 54.4 Å². The van der Waals surface area contributed by atoms with Gasteiger partial charge in [0.15, 0.2) is 11.6 Å². The summed E-state index contributed by atoms with van der Waals surface area (Å²) in [6, 6.07) is 8.85. The van der Waals surface area contributed by atoms with Crippen LogP contribution in [0.2, 0.25) is 0 Å². The molecule has 0 amide bonds. The lowest BCUT2D eigenvalue weighted by Crippen LogP contribution is -2.52. The van der Waals surface area contributed by atoms with E-state index < -0.39 is 11.0 Å².